The number of aryl methyl sites for hydroxylation is 2. The maximum atomic E-state index is 13.1. The first-order valence-corrected chi connectivity index (χ1v) is 11.0. The first-order valence-electron chi connectivity index (χ1n) is 9.52. The number of hydrogen-bond acceptors (Lipinski definition) is 5. The van der Waals surface area contributed by atoms with E-state index in [1.807, 2.05) is 19.9 Å². The van der Waals surface area contributed by atoms with E-state index in [4.69, 9.17) is 0 Å². The van der Waals surface area contributed by atoms with Crippen molar-refractivity contribution in [1.82, 2.24) is 24.9 Å². The van der Waals surface area contributed by atoms with Crippen LogP contribution in [-0.4, -0.2) is 47.4 Å². The summed E-state index contributed by atoms with van der Waals surface area (Å²) in [6.45, 7) is 3.85. The Morgan fingerprint density at radius 2 is 1.90 bits per heavy atom. The van der Waals surface area contributed by atoms with Crippen LogP contribution in [0.4, 0.5) is 4.39 Å². The molecule has 1 saturated heterocycles. The second-order valence-corrected chi connectivity index (χ2v) is 9.22. The van der Waals surface area contributed by atoms with Gasteiger partial charge in [0.2, 0.25) is 15.9 Å². The number of amides is 2. The number of benzene rings is 1. The number of sulfonamides is 1. The van der Waals surface area contributed by atoms with Crippen LogP contribution >= 0.6 is 0 Å². The van der Waals surface area contributed by atoms with Crippen molar-refractivity contribution in [2.24, 2.45) is 5.92 Å². The average Bonchev–Trinajstić information content (AvgIpc) is 3.03. The highest BCUT2D eigenvalue weighted by Crippen LogP contribution is 2.24. The number of nitrogens with zero attached hydrogens (tertiary/aromatic N) is 3. The number of carbonyl (C=O) groups is 2. The molecular weight excluding hydrogens is 413 g/mol. The van der Waals surface area contributed by atoms with Gasteiger partial charge in [0.1, 0.15) is 12.4 Å². The van der Waals surface area contributed by atoms with E-state index in [2.05, 4.69) is 16.0 Å². The van der Waals surface area contributed by atoms with Gasteiger partial charge in [0.15, 0.2) is 0 Å². The van der Waals surface area contributed by atoms with Gasteiger partial charge in [-0.2, -0.15) is 9.40 Å². The zero-order valence-electron chi connectivity index (χ0n) is 16.8. The molecule has 11 heteroatoms. The lowest BCUT2D eigenvalue weighted by atomic mass is 9.99. The van der Waals surface area contributed by atoms with Crippen molar-refractivity contribution in [2.45, 2.75) is 38.1 Å². The largest absolute Gasteiger partial charge is 0.273 e. The van der Waals surface area contributed by atoms with E-state index in [-0.39, 0.29) is 24.5 Å². The number of halogens is 1. The molecule has 2 N–H and O–H groups in total. The van der Waals surface area contributed by atoms with E-state index >= 15 is 0 Å². The van der Waals surface area contributed by atoms with Crippen molar-refractivity contribution in [3.63, 3.8) is 0 Å². The third-order valence-electron chi connectivity index (χ3n) is 4.93. The standard InChI is InChI=1S/C19H24FN5O4S/c1-13-10-14(2)25(23-13)12-18(26)21-22-19(27)15-4-3-9-24(11-15)30(28,29)17-7-5-16(20)6-8-17/h5-8,10,15H,3-4,9,11-12H2,1-2H3,(H,21,26)(H,22,27). The van der Waals surface area contributed by atoms with Crippen LogP contribution in [0, 0.1) is 25.6 Å². The van der Waals surface area contributed by atoms with E-state index in [0.29, 0.717) is 12.8 Å². The lowest BCUT2D eigenvalue weighted by molar-refractivity contribution is -0.132. The molecule has 2 heterocycles. The zero-order chi connectivity index (χ0) is 21.9. The van der Waals surface area contributed by atoms with Gasteiger partial charge in [0.25, 0.3) is 5.91 Å². The maximum absolute atomic E-state index is 13.1. The van der Waals surface area contributed by atoms with E-state index in [1.54, 1.807) is 0 Å². The number of hydrogen-bond donors (Lipinski definition) is 2. The SMILES string of the molecule is Cc1cc(C)n(CC(=O)NNC(=O)C2CCCN(S(=O)(=O)c3ccc(F)cc3)C2)n1. The highest BCUT2D eigenvalue weighted by atomic mass is 32.2. The van der Waals surface area contributed by atoms with Crippen LogP contribution in [0.2, 0.25) is 0 Å². The van der Waals surface area contributed by atoms with Gasteiger partial charge in [0, 0.05) is 18.8 Å². The summed E-state index contributed by atoms with van der Waals surface area (Å²) in [5, 5.41) is 4.18. The van der Waals surface area contributed by atoms with E-state index < -0.39 is 33.6 Å². The smallest absolute Gasteiger partial charge is 0.260 e. The molecule has 3 rings (SSSR count). The van der Waals surface area contributed by atoms with Crippen molar-refractivity contribution >= 4 is 21.8 Å². The molecule has 0 bridgehead atoms. The predicted octanol–water partition coefficient (Wildman–Crippen LogP) is 0.887. The molecule has 0 radical (unpaired) electrons. The minimum Gasteiger partial charge on any atom is -0.273 e. The van der Waals surface area contributed by atoms with Gasteiger partial charge in [-0.25, -0.2) is 12.8 Å². The Hall–Kier alpha value is -2.79. The Kier molecular flexibility index (Phi) is 6.52. The van der Waals surface area contributed by atoms with Crippen molar-refractivity contribution in [3.05, 3.63) is 47.5 Å². The minimum absolute atomic E-state index is 0.0150. The highest BCUT2D eigenvalue weighted by molar-refractivity contribution is 7.89. The van der Waals surface area contributed by atoms with Gasteiger partial charge in [0.05, 0.1) is 16.5 Å². The summed E-state index contributed by atoms with van der Waals surface area (Å²) in [5.74, 6) is -2.04. The third kappa shape index (κ3) is 5.03. The molecular formula is C19H24FN5O4S. The molecule has 1 aliphatic rings. The number of hydrazine groups is 1. The topological polar surface area (TPSA) is 113 Å². The summed E-state index contributed by atoms with van der Waals surface area (Å²) in [7, 11) is -3.83. The summed E-state index contributed by atoms with van der Waals surface area (Å²) in [6, 6.07) is 6.41. The van der Waals surface area contributed by atoms with E-state index in [0.717, 1.165) is 23.5 Å². The molecule has 1 aromatic heterocycles. The van der Waals surface area contributed by atoms with Gasteiger partial charge in [-0.3, -0.25) is 25.1 Å². The van der Waals surface area contributed by atoms with Gasteiger partial charge >= 0.3 is 0 Å². The van der Waals surface area contributed by atoms with Crippen LogP contribution in [0.1, 0.15) is 24.2 Å². The van der Waals surface area contributed by atoms with Crippen molar-refractivity contribution < 1.29 is 22.4 Å². The summed E-state index contributed by atoms with van der Waals surface area (Å²) in [4.78, 5) is 24.5. The van der Waals surface area contributed by atoms with E-state index in [9.17, 15) is 22.4 Å². The average molecular weight is 437 g/mol. The Morgan fingerprint density at radius 1 is 1.20 bits per heavy atom. The van der Waals surface area contributed by atoms with Gasteiger partial charge in [-0.1, -0.05) is 0 Å². The molecule has 0 aliphatic carbocycles. The Labute approximate surface area is 174 Å². The fourth-order valence-electron chi connectivity index (χ4n) is 3.37. The lowest BCUT2D eigenvalue weighted by Crippen LogP contribution is -2.50. The Bertz CT molecular complexity index is 1040. The zero-order valence-corrected chi connectivity index (χ0v) is 17.6. The Balaban J connectivity index is 1.57. The van der Waals surface area contributed by atoms with Crippen LogP contribution in [0.15, 0.2) is 35.2 Å². The quantitative estimate of drug-likeness (QED) is 0.675. The van der Waals surface area contributed by atoms with Gasteiger partial charge in [-0.05, 0) is 57.0 Å². The normalized spacial score (nSPS) is 17.5. The number of rotatable bonds is 5. The summed E-state index contributed by atoms with van der Waals surface area (Å²) in [5.41, 5.74) is 6.32. The molecule has 162 valence electrons. The third-order valence-corrected chi connectivity index (χ3v) is 6.81. The van der Waals surface area contributed by atoms with Crippen molar-refractivity contribution in [2.75, 3.05) is 13.1 Å². The number of carbonyl (C=O) groups excluding carboxylic acids is 2. The summed E-state index contributed by atoms with van der Waals surface area (Å²) >= 11 is 0. The predicted molar refractivity (Wildman–Crippen MR) is 106 cm³/mol. The maximum Gasteiger partial charge on any atom is 0.260 e. The molecule has 1 atom stereocenters. The van der Waals surface area contributed by atoms with Crippen LogP contribution in [0.5, 0.6) is 0 Å². The van der Waals surface area contributed by atoms with Crippen LogP contribution < -0.4 is 10.9 Å². The van der Waals surface area contributed by atoms with Gasteiger partial charge in [-0.15, -0.1) is 0 Å². The highest BCUT2D eigenvalue weighted by Gasteiger charge is 2.33. The Morgan fingerprint density at radius 3 is 2.53 bits per heavy atom. The van der Waals surface area contributed by atoms with Crippen LogP contribution in [0.3, 0.4) is 0 Å². The molecule has 1 unspecified atom stereocenters. The van der Waals surface area contributed by atoms with Crippen molar-refractivity contribution in [1.29, 1.82) is 0 Å². The fraction of sp³-hybridized carbons (Fsp3) is 0.421. The second-order valence-electron chi connectivity index (χ2n) is 7.28. The number of piperidine rings is 1. The lowest BCUT2D eigenvalue weighted by Gasteiger charge is -2.31. The molecule has 1 aliphatic heterocycles. The second kappa shape index (κ2) is 8.92. The summed E-state index contributed by atoms with van der Waals surface area (Å²) < 4.78 is 41.4. The molecule has 0 spiro atoms. The molecule has 9 nitrogen and oxygen atoms in total. The van der Waals surface area contributed by atoms with Crippen LogP contribution in [0.25, 0.3) is 0 Å². The molecule has 30 heavy (non-hydrogen) atoms. The first kappa shape index (κ1) is 21.9. The molecule has 0 saturated carbocycles. The monoisotopic (exact) mass is 437 g/mol. The molecule has 1 fully saturated rings. The summed E-state index contributed by atoms with van der Waals surface area (Å²) in [6.07, 6.45) is 0.993. The number of aromatic nitrogens is 2. The molecule has 1 aromatic carbocycles. The minimum atomic E-state index is -3.83. The van der Waals surface area contributed by atoms with Crippen LogP contribution in [-0.2, 0) is 26.2 Å². The van der Waals surface area contributed by atoms with E-state index in [1.165, 1.54) is 21.1 Å². The fourth-order valence-corrected chi connectivity index (χ4v) is 4.90. The van der Waals surface area contributed by atoms with Gasteiger partial charge < -0.3 is 0 Å². The first-order chi connectivity index (χ1) is 14.2. The van der Waals surface area contributed by atoms with Crippen molar-refractivity contribution in [3.8, 4) is 0 Å². The molecule has 2 amide bonds. The number of nitrogens with one attached hydrogen (secondary N) is 2. The molecule has 2 aromatic rings.